The molecule has 1 N–H and O–H groups in total. The molecule has 23 heavy (non-hydrogen) atoms. The van der Waals surface area contributed by atoms with Crippen LogP contribution in [0, 0.1) is 13.8 Å². The van der Waals surface area contributed by atoms with E-state index in [1.165, 1.54) is 18.2 Å². The molecule has 9 heteroatoms. The summed E-state index contributed by atoms with van der Waals surface area (Å²) in [4.78, 5) is 12.2. The molecule has 0 bridgehead atoms. The standard InChI is InChI=1S/C14H12ClF3N2O3/c1-7-12(8(2)23-20-7)13(21)19-10-5-9(15)3-4-11(10)22-6-14(16,17)18/h3-5H,6H2,1-2H3,(H,19,21). The zero-order chi connectivity index (χ0) is 17.2. The Bertz CT molecular complexity index is 709. The summed E-state index contributed by atoms with van der Waals surface area (Å²) in [5, 5.41) is 6.34. The highest BCUT2D eigenvalue weighted by Gasteiger charge is 2.29. The Balaban J connectivity index is 2.25. The number of benzene rings is 1. The lowest BCUT2D eigenvalue weighted by molar-refractivity contribution is -0.153. The molecule has 1 amide bonds. The van der Waals surface area contributed by atoms with E-state index >= 15 is 0 Å². The second-order valence-electron chi connectivity index (χ2n) is 4.70. The third-order valence-corrected chi connectivity index (χ3v) is 3.08. The SMILES string of the molecule is Cc1noc(C)c1C(=O)Nc1cc(Cl)ccc1OCC(F)(F)F. The van der Waals surface area contributed by atoms with Crippen molar-refractivity contribution in [2.45, 2.75) is 20.0 Å². The second kappa shape index (κ2) is 6.49. The number of aromatic nitrogens is 1. The minimum Gasteiger partial charge on any atom is -0.482 e. The van der Waals surface area contributed by atoms with E-state index in [0.717, 1.165) is 0 Å². The molecule has 1 heterocycles. The first-order valence-corrected chi connectivity index (χ1v) is 6.78. The number of halogens is 4. The highest BCUT2D eigenvalue weighted by atomic mass is 35.5. The number of aryl methyl sites for hydroxylation is 2. The summed E-state index contributed by atoms with van der Waals surface area (Å²) in [5.74, 6) is -0.438. The first kappa shape index (κ1) is 17.1. The number of hydrogen-bond donors (Lipinski definition) is 1. The normalized spacial score (nSPS) is 11.4. The van der Waals surface area contributed by atoms with Crippen LogP contribution >= 0.6 is 11.6 Å². The van der Waals surface area contributed by atoms with Gasteiger partial charge in [-0.25, -0.2) is 0 Å². The van der Waals surface area contributed by atoms with Crippen molar-refractivity contribution < 1.29 is 27.2 Å². The first-order valence-electron chi connectivity index (χ1n) is 6.40. The minimum absolute atomic E-state index is 0.0201. The molecule has 0 aliphatic heterocycles. The number of anilines is 1. The predicted molar refractivity (Wildman–Crippen MR) is 76.9 cm³/mol. The number of carbonyl (C=O) groups is 1. The summed E-state index contributed by atoms with van der Waals surface area (Å²) in [5.41, 5.74) is 0.582. The highest BCUT2D eigenvalue weighted by Crippen LogP contribution is 2.30. The van der Waals surface area contributed by atoms with Gasteiger partial charge >= 0.3 is 6.18 Å². The van der Waals surface area contributed by atoms with Crippen LogP contribution in [0.15, 0.2) is 22.7 Å². The number of nitrogens with zero attached hydrogens (tertiary/aromatic N) is 1. The van der Waals surface area contributed by atoms with Crippen LogP contribution in [-0.4, -0.2) is 23.8 Å². The van der Waals surface area contributed by atoms with Crippen LogP contribution in [0.1, 0.15) is 21.8 Å². The van der Waals surface area contributed by atoms with Gasteiger partial charge in [0.1, 0.15) is 17.1 Å². The molecule has 5 nitrogen and oxygen atoms in total. The van der Waals surface area contributed by atoms with Gasteiger partial charge < -0.3 is 14.6 Å². The maximum absolute atomic E-state index is 12.3. The van der Waals surface area contributed by atoms with Crippen molar-refractivity contribution >= 4 is 23.2 Å². The van der Waals surface area contributed by atoms with Crippen molar-refractivity contribution in [2.24, 2.45) is 0 Å². The quantitative estimate of drug-likeness (QED) is 0.902. The molecule has 0 atom stereocenters. The van der Waals surface area contributed by atoms with E-state index in [1.54, 1.807) is 13.8 Å². The molecule has 0 fully saturated rings. The van der Waals surface area contributed by atoms with Gasteiger partial charge in [-0.3, -0.25) is 4.79 Å². The Labute approximate surface area is 134 Å². The van der Waals surface area contributed by atoms with Crippen LogP contribution in [0.4, 0.5) is 18.9 Å². The van der Waals surface area contributed by atoms with E-state index < -0.39 is 18.7 Å². The maximum Gasteiger partial charge on any atom is 0.422 e. The smallest absolute Gasteiger partial charge is 0.422 e. The molecular formula is C14H12ClF3N2O3. The van der Waals surface area contributed by atoms with Crippen LogP contribution in [0.25, 0.3) is 0 Å². The lowest BCUT2D eigenvalue weighted by Gasteiger charge is -2.14. The molecule has 0 radical (unpaired) electrons. The number of rotatable bonds is 4. The zero-order valence-electron chi connectivity index (χ0n) is 12.1. The van der Waals surface area contributed by atoms with Gasteiger partial charge in [-0.1, -0.05) is 16.8 Å². The van der Waals surface area contributed by atoms with E-state index in [0.29, 0.717) is 11.5 Å². The summed E-state index contributed by atoms with van der Waals surface area (Å²) in [6.07, 6.45) is -4.50. The van der Waals surface area contributed by atoms with E-state index in [9.17, 15) is 18.0 Å². The number of hydrogen-bond acceptors (Lipinski definition) is 4. The largest absolute Gasteiger partial charge is 0.482 e. The van der Waals surface area contributed by atoms with E-state index in [4.69, 9.17) is 20.9 Å². The van der Waals surface area contributed by atoms with Crippen molar-refractivity contribution in [3.63, 3.8) is 0 Å². The van der Waals surface area contributed by atoms with Gasteiger partial charge in [0.05, 0.1) is 11.4 Å². The third kappa shape index (κ3) is 4.38. The van der Waals surface area contributed by atoms with Crippen LogP contribution in [-0.2, 0) is 0 Å². The van der Waals surface area contributed by atoms with Gasteiger partial charge in [0.2, 0.25) is 0 Å². The molecule has 0 saturated carbocycles. The van der Waals surface area contributed by atoms with Gasteiger partial charge in [-0.15, -0.1) is 0 Å². The number of ether oxygens (including phenoxy) is 1. The molecule has 0 saturated heterocycles. The average molecular weight is 349 g/mol. The van der Waals surface area contributed by atoms with Gasteiger partial charge in [-0.2, -0.15) is 13.2 Å². The number of amides is 1. The fourth-order valence-corrected chi connectivity index (χ4v) is 2.05. The Morgan fingerprint density at radius 1 is 1.39 bits per heavy atom. The lowest BCUT2D eigenvalue weighted by atomic mass is 10.2. The molecule has 0 aliphatic rings. The number of alkyl halides is 3. The van der Waals surface area contributed by atoms with E-state index in [2.05, 4.69) is 10.5 Å². The van der Waals surface area contributed by atoms with Gasteiger partial charge in [0.25, 0.3) is 5.91 Å². The van der Waals surface area contributed by atoms with Crippen molar-refractivity contribution in [2.75, 3.05) is 11.9 Å². The van der Waals surface area contributed by atoms with Crippen molar-refractivity contribution in [1.82, 2.24) is 5.16 Å². The van der Waals surface area contributed by atoms with E-state index in [1.807, 2.05) is 0 Å². The molecule has 2 aromatic rings. The summed E-state index contributed by atoms with van der Waals surface area (Å²) >= 11 is 5.82. The minimum atomic E-state index is -4.50. The molecule has 0 unspecified atom stereocenters. The fourth-order valence-electron chi connectivity index (χ4n) is 1.88. The first-order chi connectivity index (χ1) is 10.7. The molecule has 124 valence electrons. The summed E-state index contributed by atoms with van der Waals surface area (Å²) in [6, 6.07) is 3.90. The Hall–Kier alpha value is -2.22. The van der Waals surface area contributed by atoms with Crippen LogP contribution in [0.5, 0.6) is 5.75 Å². The Morgan fingerprint density at radius 2 is 2.09 bits per heavy atom. The number of carbonyl (C=O) groups excluding carboxylic acids is 1. The molecular weight excluding hydrogens is 337 g/mol. The molecule has 2 rings (SSSR count). The second-order valence-corrected chi connectivity index (χ2v) is 5.13. The molecule has 1 aromatic carbocycles. The van der Waals surface area contributed by atoms with Crippen molar-refractivity contribution in [3.8, 4) is 5.75 Å². The average Bonchev–Trinajstić information content (AvgIpc) is 2.76. The van der Waals surface area contributed by atoms with E-state index in [-0.39, 0.29) is 22.0 Å². The maximum atomic E-state index is 12.3. The van der Waals surface area contributed by atoms with Gasteiger partial charge in [0, 0.05) is 5.02 Å². The van der Waals surface area contributed by atoms with Gasteiger partial charge in [0.15, 0.2) is 6.61 Å². The summed E-state index contributed by atoms with van der Waals surface area (Å²) in [6.45, 7) is 1.64. The molecule has 1 aromatic heterocycles. The van der Waals surface area contributed by atoms with Gasteiger partial charge in [-0.05, 0) is 32.0 Å². The molecule has 0 spiro atoms. The summed E-state index contributed by atoms with van der Waals surface area (Å²) in [7, 11) is 0. The van der Waals surface area contributed by atoms with Crippen molar-refractivity contribution in [3.05, 3.63) is 40.2 Å². The lowest BCUT2D eigenvalue weighted by Crippen LogP contribution is -2.20. The van der Waals surface area contributed by atoms with Crippen LogP contribution in [0.3, 0.4) is 0 Å². The highest BCUT2D eigenvalue weighted by molar-refractivity contribution is 6.31. The monoisotopic (exact) mass is 348 g/mol. The topological polar surface area (TPSA) is 64.4 Å². The van der Waals surface area contributed by atoms with Crippen LogP contribution in [0.2, 0.25) is 5.02 Å². The van der Waals surface area contributed by atoms with Crippen molar-refractivity contribution in [1.29, 1.82) is 0 Å². The Morgan fingerprint density at radius 3 is 2.65 bits per heavy atom. The summed E-state index contributed by atoms with van der Waals surface area (Å²) < 4.78 is 46.4. The zero-order valence-corrected chi connectivity index (χ0v) is 12.9. The Kier molecular flexibility index (Phi) is 4.84. The third-order valence-electron chi connectivity index (χ3n) is 2.84. The van der Waals surface area contributed by atoms with Crippen LogP contribution < -0.4 is 10.1 Å². The number of nitrogens with one attached hydrogen (secondary N) is 1. The molecule has 0 aliphatic carbocycles. The fraction of sp³-hybridized carbons (Fsp3) is 0.286. The predicted octanol–water partition coefficient (Wildman–Crippen LogP) is 4.14.